The molecule has 2 heteroatoms. The molecule has 0 fully saturated rings. The molecule has 0 aliphatic heterocycles. The van der Waals surface area contributed by atoms with Crippen LogP contribution in [0.4, 0.5) is 0 Å². The highest BCUT2D eigenvalue weighted by molar-refractivity contribution is 5.21. The van der Waals surface area contributed by atoms with E-state index in [-0.39, 0.29) is 12.1 Å². The summed E-state index contributed by atoms with van der Waals surface area (Å²) in [6.07, 6.45) is 0. The number of hydrogen-bond acceptors (Lipinski definition) is 2. The molecule has 2 aromatic rings. The summed E-state index contributed by atoms with van der Waals surface area (Å²) in [5.74, 6) is 0. The third-order valence-corrected chi connectivity index (χ3v) is 3.36. The van der Waals surface area contributed by atoms with Crippen LogP contribution in [0.15, 0.2) is 60.7 Å². The van der Waals surface area contributed by atoms with Crippen LogP contribution in [0.3, 0.4) is 0 Å². The average Bonchev–Trinajstić information content (AvgIpc) is 2.47. The molecule has 0 aliphatic rings. The molecule has 2 atom stereocenters. The highest BCUT2D eigenvalue weighted by Crippen LogP contribution is 2.27. The van der Waals surface area contributed by atoms with E-state index in [1.54, 1.807) is 0 Å². The predicted octanol–water partition coefficient (Wildman–Crippen LogP) is 4.20. The van der Waals surface area contributed by atoms with E-state index >= 15 is 0 Å². The monoisotopic (exact) mass is 241 g/mol. The van der Waals surface area contributed by atoms with E-state index in [0.717, 1.165) is 11.1 Å². The van der Waals surface area contributed by atoms with Crippen LogP contribution < -0.4 is 0 Å². The summed E-state index contributed by atoms with van der Waals surface area (Å²) >= 11 is 0. The van der Waals surface area contributed by atoms with Gasteiger partial charge in [0.1, 0.15) is 0 Å². The molecular formula is C16H19NO. The summed E-state index contributed by atoms with van der Waals surface area (Å²) in [5, 5.41) is 11.7. The molecule has 0 saturated heterocycles. The van der Waals surface area contributed by atoms with Gasteiger partial charge in [-0.15, -0.1) is 0 Å². The fraction of sp³-hybridized carbons (Fsp3) is 0.250. The molecule has 2 nitrogen and oxygen atoms in total. The minimum atomic E-state index is -0.0265. The van der Waals surface area contributed by atoms with E-state index in [4.69, 9.17) is 0 Å². The van der Waals surface area contributed by atoms with Crippen molar-refractivity contribution in [1.29, 1.82) is 0 Å². The third-order valence-electron chi connectivity index (χ3n) is 3.36. The second-order valence-corrected chi connectivity index (χ2v) is 4.55. The molecule has 2 rings (SSSR count). The molecule has 0 unspecified atom stereocenters. The van der Waals surface area contributed by atoms with Gasteiger partial charge in [-0.25, -0.2) is 0 Å². The van der Waals surface area contributed by atoms with Crippen molar-refractivity contribution >= 4 is 0 Å². The predicted molar refractivity (Wildman–Crippen MR) is 73.3 cm³/mol. The molecule has 2 aromatic carbocycles. The lowest BCUT2D eigenvalue weighted by Crippen LogP contribution is -2.26. The Bertz CT molecular complexity index is 423. The first-order valence-electron chi connectivity index (χ1n) is 6.27. The molecule has 0 bridgehead atoms. The van der Waals surface area contributed by atoms with E-state index < -0.39 is 0 Å². The van der Waals surface area contributed by atoms with Gasteiger partial charge in [0, 0.05) is 0 Å². The van der Waals surface area contributed by atoms with Gasteiger partial charge in [0.2, 0.25) is 0 Å². The number of benzene rings is 2. The molecule has 0 radical (unpaired) electrons. The van der Waals surface area contributed by atoms with Gasteiger partial charge in [0.25, 0.3) is 0 Å². The van der Waals surface area contributed by atoms with Gasteiger partial charge in [-0.3, -0.25) is 0 Å². The second-order valence-electron chi connectivity index (χ2n) is 4.55. The van der Waals surface area contributed by atoms with Gasteiger partial charge in [-0.05, 0) is 25.0 Å². The van der Waals surface area contributed by atoms with Crippen molar-refractivity contribution < 1.29 is 5.21 Å². The van der Waals surface area contributed by atoms with Crippen LogP contribution in [0.2, 0.25) is 0 Å². The van der Waals surface area contributed by atoms with E-state index in [9.17, 15) is 5.21 Å². The normalized spacial score (nSPS) is 14.4. The fourth-order valence-corrected chi connectivity index (χ4v) is 2.10. The van der Waals surface area contributed by atoms with E-state index in [1.165, 1.54) is 5.06 Å². The van der Waals surface area contributed by atoms with Crippen LogP contribution in [0.1, 0.15) is 37.1 Å². The zero-order chi connectivity index (χ0) is 13.0. The van der Waals surface area contributed by atoms with Gasteiger partial charge in [-0.2, -0.15) is 5.06 Å². The maximum atomic E-state index is 10.3. The third kappa shape index (κ3) is 2.78. The van der Waals surface area contributed by atoms with Gasteiger partial charge < -0.3 is 5.21 Å². The minimum Gasteiger partial charge on any atom is -0.313 e. The van der Waals surface area contributed by atoms with E-state index in [0.29, 0.717) is 0 Å². The Morgan fingerprint density at radius 1 is 0.722 bits per heavy atom. The van der Waals surface area contributed by atoms with Gasteiger partial charge in [-0.1, -0.05) is 60.7 Å². The summed E-state index contributed by atoms with van der Waals surface area (Å²) < 4.78 is 0. The summed E-state index contributed by atoms with van der Waals surface area (Å²) in [5.41, 5.74) is 2.23. The van der Waals surface area contributed by atoms with Crippen molar-refractivity contribution in [2.45, 2.75) is 25.9 Å². The summed E-state index contributed by atoms with van der Waals surface area (Å²) in [6.45, 7) is 4.02. The number of hydroxylamine groups is 2. The first-order chi connectivity index (χ1) is 8.70. The highest BCUT2D eigenvalue weighted by Gasteiger charge is 2.20. The number of rotatable bonds is 4. The summed E-state index contributed by atoms with van der Waals surface area (Å²) in [7, 11) is 0. The highest BCUT2D eigenvalue weighted by atomic mass is 16.5. The average molecular weight is 241 g/mol. The van der Waals surface area contributed by atoms with Crippen molar-refractivity contribution in [3.63, 3.8) is 0 Å². The lowest BCUT2D eigenvalue weighted by Gasteiger charge is -2.29. The van der Waals surface area contributed by atoms with Gasteiger partial charge >= 0.3 is 0 Å². The van der Waals surface area contributed by atoms with E-state index in [2.05, 4.69) is 0 Å². The van der Waals surface area contributed by atoms with E-state index in [1.807, 2.05) is 74.5 Å². The molecule has 0 aliphatic carbocycles. The van der Waals surface area contributed by atoms with Crippen LogP contribution >= 0.6 is 0 Å². The zero-order valence-corrected chi connectivity index (χ0v) is 10.8. The van der Waals surface area contributed by atoms with Crippen molar-refractivity contribution in [3.05, 3.63) is 71.8 Å². The molecule has 0 amide bonds. The Labute approximate surface area is 108 Å². The molecule has 1 N–H and O–H groups in total. The van der Waals surface area contributed by atoms with Gasteiger partial charge in [0.15, 0.2) is 0 Å². The van der Waals surface area contributed by atoms with Crippen molar-refractivity contribution in [1.82, 2.24) is 5.06 Å². The Morgan fingerprint density at radius 3 is 1.39 bits per heavy atom. The molecule has 0 spiro atoms. The lowest BCUT2D eigenvalue weighted by molar-refractivity contribution is -0.155. The smallest absolute Gasteiger partial charge is 0.0578 e. The molecular weight excluding hydrogens is 222 g/mol. The van der Waals surface area contributed by atoms with Crippen LogP contribution in [0.25, 0.3) is 0 Å². The maximum absolute atomic E-state index is 10.3. The van der Waals surface area contributed by atoms with Crippen molar-refractivity contribution in [2.75, 3.05) is 0 Å². The zero-order valence-electron chi connectivity index (χ0n) is 10.8. The Morgan fingerprint density at radius 2 is 1.06 bits per heavy atom. The standard InChI is InChI=1S/C16H19NO/c1-13(15-9-5-3-6-10-15)17(18)14(2)16-11-7-4-8-12-16/h3-14,18H,1-2H3/t13-,14-/m1/s1. The van der Waals surface area contributed by atoms with Crippen LogP contribution in [0, 0.1) is 0 Å². The Kier molecular flexibility index (Phi) is 4.13. The van der Waals surface area contributed by atoms with Crippen molar-refractivity contribution in [2.24, 2.45) is 0 Å². The largest absolute Gasteiger partial charge is 0.313 e. The van der Waals surface area contributed by atoms with Crippen LogP contribution in [0.5, 0.6) is 0 Å². The first kappa shape index (κ1) is 12.8. The van der Waals surface area contributed by atoms with Crippen LogP contribution in [-0.4, -0.2) is 10.3 Å². The second kappa shape index (κ2) is 5.80. The minimum absolute atomic E-state index is 0.0265. The molecule has 0 saturated carbocycles. The number of hydrogen-bond donors (Lipinski definition) is 1. The summed E-state index contributed by atoms with van der Waals surface area (Å²) in [6, 6.07) is 20.0. The fourth-order valence-electron chi connectivity index (χ4n) is 2.10. The Balaban J connectivity index is 2.14. The quantitative estimate of drug-likeness (QED) is 0.811. The Hall–Kier alpha value is -1.64. The molecule has 94 valence electrons. The van der Waals surface area contributed by atoms with Crippen LogP contribution in [-0.2, 0) is 0 Å². The topological polar surface area (TPSA) is 23.5 Å². The maximum Gasteiger partial charge on any atom is 0.0578 e. The molecule has 18 heavy (non-hydrogen) atoms. The molecule has 0 aromatic heterocycles. The SMILES string of the molecule is C[C@H](c1ccccc1)N(O)[C@H](C)c1ccccc1. The first-order valence-corrected chi connectivity index (χ1v) is 6.27. The van der Waals surface area contributed by atoms with Gasteiger partial charge in [0.05, 0.1) is 12.1 Å². The summed E-state index contributed by atoms with van der Waals surface area (Å²) in [4.78, 5) is 0. The van der Waals surface area contributed by atoms with Crippen molar-refractivity contribution in [3.8, 4) is 0 Å². The number of nitrogens with zero attached hydrogens (tertiary/aromatic N) is 1. The molecule has 0 heterocycles. The lowest BCUT2D eigenvalue weighted by atomic mass is 10.0.